The highest BCUT2D eigenvalue weighted by Gasteiger charge is 2.39. The van der Waals surface area contributed by atoms with Crippen LogP contribution in [0.5, 0.6) is 0 Å². The molecular weight excluding hydrogens is 548 g/mol. The number of anilines is 2. The van der Waals surface area contributed by atoms with E-state index in [4.69, 9.17) is 14.3 Å². The number of benzene rings is 1. The van der Waals surface area contributed by atoms with Crippen LogP contribution in [0.15, 0.2) is 22.7 Å². The summed E-state index contributed by atoms with van der Waals surface area (Å²) >= 11 is 3.70. The molecular formula is C28H41BrN4O3Si. The first-order chi connectivity index (χ1) is 17.4. The molecule has 7 nitrogen and oxygen atoms in total. The maximum Gasteiger partial charge on any atom is 0.219 e. The Morgan fingerprint density at radius 1 is 1.30 bits per heavy atom. The highest BCUT2D eigenvalue weighted by molar-refractivity contribution is 9.10. The number of fused-ring (bicyclic) bond motifs is 2. The standard InChI is InChI=1S/C28H41BrN4O3Si/c1-19(34)31-11-9-26-24(16-31)27(30-33(26)23-10-12-35-18-23)32-15-20(17-36-37(5,6)28(2,3)4)13-21-14-22(29)7-8-25(21)32/h7-8,14,20,23H,9-13,15-18H2,1-6H3/t20?,23-/m0/s1. The monoisotopic (exact) mass is 588 g/mol. The zero-order chi connectivity index (χ0) is 26.5. The second-order valence-electron chi connectivity index (χ2n) is 12.4. The molecule has 202 valence electrons. The van der Waals surface area contributed by atoms with Gasteiger partial charge in [-0.2, -0.15) is 5.10 Å². The molecule has 2 aromatic rings. The van der Waals surface area contributed by atoms with Crippen LogP contribution in [-0.4, -0.2) is 61.8 Å². The van der Waals surface area contributed by atoms with Gasteiger partial charge in [-0.1, -0.05) is 36.7 Å². The summed E-state index contributed by atoms with van der Waals surface area (Å²) in [6.07, 6.45) is 2.80. The van der Waals surface area contributed by atoms with Gasteiger partial charge in [0.25, 0.3) is 0 Å². The predicted octanol–water partition coefficient (Wildman–Crippen LogP) is 5.84. The second kappa shape index (κ2) is 10.1. The van der Waals surface area contributed by atoms with Crippen LogP contribution in [-0.2, 0) is 33.3 Å². The minimum absolute atomic E-state index is 0.122. The van der Waals surface area contributed by atoms with Crippen molar-refractivity contribution in [1.82, 2.24) is 14.7 Å². The predicted molar refractivity (Wildman–Crippen MR) is 153 cm³/mol. The molecule has 0 radical (unpaired) electrons. The molecule has 3 aliphatic rings. The lowest BCUT2D eigenvalue weighted by atomic mass is 9.92. The van der Waals surface area contributed by atoms with E-state index >= 15 is 0 Å². The molecule has 1 fully saturated rings. The van der Waals surface area contributed by atoms with Crippen LogP contribution < -0.4 is 4.90 Å². The zero-order valence-corrected chi connectivity index (χ0v) is 25.7. The molecule has 2 atom stereocenters. The maximum atomic E-state index is 12.4. The first-order valence-electron chi connectivity index (χ1n) is 13.6. The van der Waals surface area contributed by atoms with Crippen molar-refractivity contribution in [3.05, 3.63) is 39.5 Å². The Labute approximate surface area is 230 Å². The highest BCUT2D eigenvalue weighted by Crippen LogP contribution is 2.42. The molecule has 0 spiro atoms. The average molecular weight is 590 g/mol. The number of carbonyl (C=O) groups is 1. The third-order valence-electron chi connectivity index (χ3n) is 8.79. The quantitative estimate of drug-likeness (QED) is 0.410. The van der Waals surface area contributed by atoms with Gasteiger partial charge in [-0.3, -0.25) is 9.48 Å². The topological polar surface area (TPSA) is 59.8 Å². The number of hydrogen-bond donors (Lipinski definition) is 0. The SMILES string of the molecule is CC(=O)N1CCc2c(c(N3CC(CO[Si](C)(C)C(C)(C)C)Cc4cc(Br)ccc43)nn2[C@H]2CCOC2)C1. The van der Waals surface area contributed by atoms with E-state index in [9.17, 15) is 4.79 Å². The fourth-order valence-corrected chi connectivity index (χ4v) is 6.99. The van der Waals surface area contributed by atoms with Crippen molar-refractivity contribution in [3.8, 4) is 0 Å². The lowest BCUT2D eigenvalue weighted by molar-refractivity contribution is -0.129. The zero-order valence-electron chi connectivity index (χ0n) is 23.1. The van der Waals surface area contributed by atoms with Crippen molar-refractivity contribution in [2.45, 2.75) is 77.7 Å². The van der Waals surface area contributed by atoms with Gasteiger partial charge in [0.1, 0.15) is 0 Å². The first-order valence-corrected chi connectivity index (χ1v) is 17.3. The van der Waals surface area contributed by atoms with Crippen molar-refractivity contribution in [2.24, 2.45) is 5.92 Å². The van der Waals surface area contributed by atoms with E-state index in [0.717, 1.165) is 55.9 Å². The van der Waals surface area contributed by atoms with Crippen LogP contribution >= 0.6 is 15.9 Å². The fraction of sp³-hybridized carbons (Fsp3) is 0.643. The number of nitrogens with zero attached hydrogens (tertiary/aromatic N) is 4. The van der Waals surface area contributed by atoms with E-state index in [2.05, 4.69) is 77.6 Å². The third-order valence-corrected chi connectivity index (χ3v) is 13.8. The molecule has 1 amide bonds. The molecule has 5 rings (SSSR count). The van der Waals surface area contributed by atoms with Gasteiger partial charge in [-0.05, 0) is 54.7 Å². The highest BCUT2D eigenvalue weighted by atomic mass is 79.9. The van der Waals surface area contributed by atoms with Crippen molar-refractivity contribution in [3.63, 3.8) is 0 Å². The second-order valence-corrected chi connectivity index (χ2v) is 18.2. The smallest absolute Gasteiger partial charge is 0.219 e. The molecule has 1 unspecified atom stereocenters. The van der Waals surface area contributed by atoms with Gasteiger partial charge in [0.2, 0.25) is 5.91 Å². The first kappa shape index (κ1) is 26.9. The van der Waals surface area contributed by atoms with Crippen molar-refractivity contribution >= 4 is 41.7 Å². The molecule has 3 aliphatic heterocycles. The summed E-state index contributed by atoms with van der Waals surface area (Å²) < 4.78 is 15.8. The van der Waals surface area contributed by atoms with E-state index in [0.29, 0.717) is 19.1 Å². The number of rotatable bonds is 5. The normalized spacial score (nSPS) is 22.2. The number of ether oxygens (including phenoxy) is 1. The Balaban J connectivity index is 1.53. The van der Waals surface area contributed by atoms with E-state index in [1.54, 1.807) is 6.92 Å². The number of halogens is 1. The molecule has 0 N–H and O–H groups in total. The Morgan fingerprint density at radius 3 is 2.76 bits per heavy atom. The summed E-state index contributed by atoms with van der Waals surface area (Å²) in [5.74, 6) is 1.48. The van der Waals surface area contributed by atoms with Crippen molar-refractivity contribution in [1.29, 1.82) is 0 Å². The molecule has 0 aliphatic carbocycles. The lowest BCUT2D eigenvalue weighted by Gasteiger charge is -2.40. The Bertz CT molecular complexity index is 1170. The maximum absolute atomic E-state index is 12.4. The molecule has 9 heteroatoms. The van der Waals surface area contributed by atoms with E-state index in [1.165, 1.54) is 22.5 Å². The Morgan fingerprint density at radius 2 is 2.08 bits per heavy atom. The minimum Gasteiger partial charge on any atom is -0.416 e. The molecule has 0 bridgehead atoms. The third kappa shape index (κ3) is 5.29. The Hall–Kier alpha value is -1.68. The summed E-state index contributed by atoms with van der Waals surface area (Å²) in [7, 11) is -1.86. The average Bonchev–Trinajstić information content (AvgIpc) is 3.49. The van der Waals surface area contributed by atoms with Crippen LogP contribution in [0.25, 0.3) is 0 Å². The summed E-state index contributed by atoms with van der Waals surface area (Å²) in [5, 5.41) is 5.46. The van der Waals surface area contributed by atoms with E-state index in [-0.39, 0.29) is 17.0 Å². The van der Waals surface area contributed by atoms with Gasteiger partial charge in [0.05, 0.1) is 19.2 Å². The van der Waals surface area contributed by atoms with Crippen LogP contribution in [0.3, 0.4) is 0 Å². The Kier molecular flexibility index (Phi) is 7.37. The van der Waals surface area contributed by atoms with Gasteiger partial charge in [-0.15, -0.1) is 0 Å². The van der Waals surface area contributed by atoms with Crippen molar-refractivity contribution in [2.75, 3.05) is 37.8 Å². The summed E-state index contributed by atoms with van der Waals surface area (Å²) in [5.41, 5.74) is 4.98. The molecule has 4 heterocycles. The minimum atomic E-state index is -1.86. The summed E-state index contributed by atoms with van der Waals surface area (Å²) in [4.78, 5) is 16.7. The summed E-state index contributed by atoms with van der Waals surface area (Å²) in [6.45, 7) is 17.7. The van der Waals surface area contributed by atoms with Crippen LogP contribution in [0.2, 0.25) is 18.1 Å². The number of aromatic nitrogens is 2. The largest absolute Gasteiger partial charge is 0.416 e. The van der Waals surface area contributed by atoms with Crippen molar-refractivity contribution < 1.29 is 14.0 Å². The van der Waals surface area contributed by atoms with Gasteiger partial charge < -0.3 is 19.0 Å². The van der Waals surface area contributed by atoms with Crippen LogP contribution in [0, 0.1) is 5.92 Å². The molecule has 0 saturated carbocycles. The number of carbonyl (C=O) groups excluding carboxylic acids is 1. The van der Waals surface area contributed by atoms with Gasteiger partial charge >= 0.3 is 0 Å². The lowest BCUT2D eigenvalue weighted by Crippen LogP contribution is -2.44. The summed E-state index contributed by atoms with van der Waals surface area (Å²) in [6, 6.07) is 6.84. The molecule has 37 heavy (non-hydrogen) atoms. The van der Waals surface area contributed by atoms with E-state index < -0.39 is 8.32 Å². The van der Waals surface area contributed by atoms with Crippen LogP contribution in [0.1, 0.15) is 57.0 Å². The van der Waals surface area contributed by atoms with Gasteiger partial charge in [-0.25, -0.2) is 0 Å². The number of amides is 1. The molecule has 1 aromatic heterocycles. The fourth-order valence-electron chi connectivity index (χ4n) is 5.50. The van der Waals surface area contributed by atoms with Crippen LogP contribution in [0.4, 0.5) is 11.5 Å². The van der Waals surface area contributed by atoms with Gasteiger partial charge in [0.15, 0.2) is 14.1 Å². The number of hydrogen-bond acceptors (Lipinski definition) is 5. The van der Waals surface area contributed by atoms with E-state index in [1.807, 2.05) is 4.90 Å². The molecule has 1 saturated heterocycles. The molecule has 1 aromatic carbocycles. The van der Waals surface area contributed by atoms with Gasteiger partial charge in [0, 0.05) is 67.0 Å².